The molecule has 0 radical (unpaired) electrons. The van der Waals surface area contributed by atoms with E-state index in [1.165, 1.54) is 31.2 Å². The van der Waals surface area contributed by atoms with Crippen molar-refractivity contribution in [3.8, 4) is 0 Å². The molecule has 136 valence electrons. The number of anilines is 1. The molecule has 2 amide bonds. The van der Waals surface area contributed by atoms with Gasteiger partial charge >= 0.3 is 0 Å². The number of hydrogen-bond acceptors (Lipinski definition) is 2. The van der Waals surface area contributed by atoms with Crippen molar-refractivity contribution in [1.82, 2.24) is 5.32 Å². The number of carbonyl (C=O) groups is 2. The highest BCUT2D eigenvalue weighted by molar-refractivity contribution is 6.42. The number of amides is 2. The Morgan fingerprint density at radius 2 is 1.73 bits per heavy atom. The number of nitrogens with one attached hydrogen (secondary N) is 2. The number of halogens is 4. The maximum absolute atomic E-state index is 13.2. The molecule has 26 heavy (non-hydrogen) atoms. The van der Waals surface area contributed by atoms with Crippen LogP contribution in [-0.4, -0.2) is 11.8 Å². The van der Waals surface area contributed by atoms with E-state index in [1.807, 2.05) is 0 Å². The predicted octanol–water partition coefficient (Wildman–Crippen LogP) is 4.79. The first-order chi connectivity index (χ1) is 12.2. The second-order valence-electron chi connectivity index (χ2n) is 5.45. The van der Waals surface area contributed by atoms with E-state index in [-0.39, 0.29) is 22.0 Å². The lowest BCUT2D eigenvalue weighted by molar-refractivity contribution is -0.118. The SMILES string of the molecule is C=C(NC(=O)c1ccc(Cl)c(Cl)c1)[C@H](C)C(=O)Nc1ccc(F)c(F)c1. The van der Waals surface area contributed by atoms with Crippen molar-refractivity contribution in [2.24, 2.45) is 5.92 Å². The minimum atomic E-state index is -1.08. The van der Waals surface area contributed by atoms with Gasteiger partial charge in [-0.3, -0.25) is 9.59 Å². The molecule has 0 saturated carbocycles. The summed E-state index contributed by atoms with van der Waals surface area (Å²) in [7, 11) is 0. The molecule has 2 rings (SSSR count). The van der Waals surface area contributed by atoms with E-state index in [0.29, 0.717) is 5.02 Å². The monoisotopic (exact) mass is 398 g/mol. The van der Waals surface area contributed by atoms with Gasteiger partial charge in [-0.15, -0.1) is 0 Å². The molecule has 2 aromatic carbocycles. The van der Waals surface area contributed by atoms with E-state index in [9.17, 15) is 18.4 Å². The van der Waals surface area contributed by atoms with Crippen LogP contribution in [0.25, 0.3) is 0 Å². The largest absolute Gasteiger partial charge is 0.326 e. The van der Waals surface area contributed by atoms with Gasteiger partial charge in [-0.2, -0.15) is 0 Å². The quantitative estimate of drug-likeness (QED) is 0.760. The summed E-state index contributed by atoms with van der Waals surface area (Å²) in [6.07, 6.45) is 0. The fraction of sp³-hybridized carbons (Fsp3) is 0.111. The topological polar surface area (TPSA) is 58.2 Å². The fourth-order valence-corrected chi connectivity index (χ4v) is 2.24. The summed E-state index contributed by atoms with van der Waals surface area (Å²) >= 11 is 11.7. The van der Waals surface area contributed by atoms with Crippen LogP contribution in [0.3, 0.4) is 0 Å². The molecule has 0 fully saturated rings. The van der Waals surface area contributed by atoms with Crippen molar-refractivity contribution in [1.29, 1.82) is 0 Å². The first kappa shape index (κ1) is 19.9. The van der Waals surface area contributed by atoms with Crippen LogP contribution in [0, 0.1) is 17.6 Å². The van der Waals surface area contributed by atoms with Gasteiger partial charge in [0.25, 0.3) is 5.91 Å². The second kappa shape index (κ2) is 8.29. The van der Waals surface area contributed by atoms with Crippen LogP contribution in [0.5, 0.6) is 0 Å². The summed E-state index contributed by atoms with van der Waals surface area (Å²) in [5.41, 5.74) is 0.458. The average molecular weight is 399 g/mol. The highest BCUT2D eigenvalue weighted by Crippen LogP contribution is 2.23. The van der Waals surface area contributed by atoms with Crippen molar-refractivity contribution in [2.75, 3.05) is 5.32 Å². The zero-order valence-corrected chi connectivity index (χ0v) is 15.1. The van der Waals surface area contributed by atoms with Crippen molar-refractivity contribution in [3.63, 3.8) is 0 Å². The normalized spacial score (nSPS) is 11.6. The smallest absolute Gasteiger partial charge is 0.255 e. The summed E-state index contributed by atoms with van der Waals surface area (Å²) in [6.45, 7) is 5.18. The van der Waals surface area contributed by atoms with Gasteiger partial charge in [-0.05, 0) is 37.3 Å². The molecule has 0 saturated heterocycles. The molecule has 4 nitrogen and oxygen atoms in total. The lowest BCUT2D eigenvalue weighted by Gasteiger charge is -2.16. The molecule has 0 unspecified atom stereocenters. The first-order valence-electron chi connectivity index (χ1n) is 7.40. The zero-order valence-electron chi connectivity index (χ0n) is 13.6. The molecule has 0 aliphatic heterocycles. The van der Waals surface area contributed by atoms with Crippen LogP contribution < -0.4 is 10.6 Å². The van der Waals surface area contributed by atoms with Gasteiger partial charge < -0.3 is 10.6 Å². The maximum Gasteiger partial charge on any atom is 0.255 e. The molecule has 0 aliphatic rings. The van der Waals surface area contributed by atoms with Gasteiger partial charge in [-0.1, -0.05) is 29.8 Å². The molecule has 0 bridgehead atoms. The standard InChI is InChI=1S/C18H14Cl2F2N2O2/c1-9(17(25)24-12-4-6-15(21)16(22)8-12)10(2)23-18(26)11-3-5-13(19)14(20)7-11/h3-9H,2H2,1H3,(H,23,26)(H,24,25)/t9-/m0/s1. The molecule has 0 aromatic heterocycles. The predicted molar refractivity (Wildman–Crippen MR) is 97.2 cm³/mol. The van der Waals surface area contributed by atoms with E-state index in [0.717, 1.165) is 12.1 Å². The fourth-order valence-electron chi connectivity index (χ4n) is 1.95. The van der Waals surface area contributed by atoms with Crippen LogP contribution in [-0.2, 0) is 4.79 Å². The van der Waals surface area contributed by atoms with Crippen LogP contribution in [0.4, 0.5) is 14.5 Å². The van der Waals surface area contributed by atoms with E-state index >= 15 is 0 Å². The Bertz CT molecular complexity index is 887. The third-order valence-electron chi connectivity index (χ3n) is 3.56. The summed E-state index contributed by atoms with van der Waals surface area (Å²) < 4.78 is 26.1. The molecular formula is C18H14Cl2F2N2O2. The van der Waals surface area contributed by atoms with E-state index < -0.39 is 29.4 Å². The molecule has 0 spiro atoms. The highest BCUT2D eigenvalue weighted by Gasteiger charge is 2.19. The third kappa shape index (κ3) is 4.80. The van der Waals surface area contributed by atoms with Crippen molar-refractivity contribution in [2.45, 2.75) is 6.92 Å². The van der Waals surface area contributed by atoms with Gasteiger partial charge in [0.1, 0.15) is 0 Å². The minimum absolute atomic E-state index is 0.0874. The Labute approximate surface area is 158 Å². The highest BCUT2D eigenvalue weighted by atomic mass is 35.5. The van der Waals surface area contributed by atoms with E-state index in [2.05, 4.69) is 17.2 Å². The van der Waals surface area contributed by atoms with E-state index in [4.69, 9.17) is 23.2 Å². The van der Waals surface area contributed by atoms with Gasteiger partial charge in [-0.25, -0.2) is 8.78 Å². The number of carbonyl (C=O) groups excluding carboxylic acids is 2. The summed E-state index contributed by atoms with van der Waals surface area (Å²) in [5.74, 6) is -3.98. The van der Waals surface area contributed by atoms with Gasteiger partial charge in [0.2, 0.25) is 5.91 Å². The van der Waals surface area contributed by atoms with Crippen molar-refractivity contribution in [3.05, 3.63) is 75.9 Å². The molecule has 2 N–H and O–H groups in total. The third-order valence-corrected chi connectivity index (χ3v) is 4.30. The lowest BCUT2D eigenvalue weighted by atomic mass is 10.1. The van der Waals surface area contributed by atoms with Gasteiger partial charge in [0.05, 0.1) is 16.0 Å². The Hall–Kier alpha value is -2.44. The summed E-state index contributed by atoms with van der Waals surface area (Å²) in [6, 6.07) is 7.32. The van der Waals surface area contributed by atoms with Gasteiger partial charge in [0.15, 0.2) is 11.6 Å². The average Bonchev–Trinajstić information content (AvgIpc) is 2.59. The Morgan fingerprint density at radius 1 is 1.04 bits per heavy atom. The molecule has 8 heteroatoms. The van der Waals surface area contributed by atoms with Crippen LogP contribution in [0.2, 0.25) is 10.0 Å². The molecular weight excluding hydrogens is 385 g/mol. The number of rotatable bonds is 5. The van der Waals surface area contributed by atoms with Crippen LogP contribution in [0.15, 0.2) is 48.7 Å². The van der Waals surface area contributed by atoms with Crippen molar-refractivity contribution >= 4 is 40.7 Å². The van der Waals surface area contributed by atoms with E-state index in [1.54, 1.807) is 0 Å². The Morgan fingerprint density at radius 3 is 2.35 bits per heavy atom. The van der Waals surface area contributed by atoms with Gasteiger partial charge in [0, 0.05) is 23.0 Å². The first-order valence-corrected chi connectivity index (χ1v) is 8.15. The molecule has 0 aliphatic carbocycles. The Kier molecular flexibility index (Phi) is 6.34. The van der Waals surface area contributed by atoms with Crippen molar-refractivity contribution < 1.29 is 18.4 Å². The summed E-state index contributed by atoms with van der Waals surface area (Å²) in [4.78, 5) is 24.4. The zero-order chi connectivity index (χ0) is 19.4. The minimum Gasteiger partial charge on any atom is -0.326 e. The molecule has 1 atom stereocenters. The maximum atomic E-state index is 13.2. The van der Waals surface area contributed by atoms with Crippen LogP contribution >= 0.6 is 23.2 Å². The second-order valence-corrected chi connectivity index (χ2v) is 6.26. The molecule has 0 heterocycles. The number of benzene rings is 2. The Balaban J connectivity index is 2.01. The van der Waals surface area contributed by atoms with Crippen LogP contribution in [0.1, 0.15) is 17.3 Å². The summed E-state index contributed by atoms with van der Waals surface area (Å²) in [5, 5.41) is 5.45. The molecule has 2 aromatic rings. The number of hydrogen-bond donors (Lipinski definition) is 2. The lowest BCUT2D eigenvalue weighted by Crippen LogP contribution is -2.31.